The van der Waals surface area contributed by atoms with Gasteiger partial charge in [-0.1, -0.05) is 46.3 Å². The third-order valence-corrected chi connectivity index (χ3v) is 5.96. The minimum Gasteiger partial charge on any atom is -0.337 e. The third-order valence-electron chi connectivity index (χ3n) is 5.47. The van der Waals surface area contributed by atoms with Crippen LogP contribution >= 0.6 is 15.9 Å². The molecule has 0 atom stereocenters. The highest BCUT2D eigenvalue weighted by Gasteiger charge is 2.25. The number of benzene rings is 2. The monoisotopic (exact) mass is 473 g/mol. The second kappa shape index (κ2) is 8.43. The maximum Gasteiger partial charge on any atom is 0.254 e. The number of carbonyl (C=O) groups is 1. The summed E-state index contributed by atoms with van der Waals surface area (Å²) in [4.78, 5) is 31.0. The zero-order valence-electron chi connectivity index (χ0n) is 16.8. The third kappa shape index (κ3) is 4.01. The number of hydrogen-bond donors (Lipinski definition) is 0. The van der Waals surface area contributed by atoms with Crippen molar-refractivity contribution in [3.05, 3.63) is 83.1 Å². The molecule has 6 nitrogen and oxygen atoms in total. The number of aromatic nitrogens is 3. The molecule has 1 aliphatic heterocycles. The first-order chi connectivity index (χ1) is 15.2. The number of nitrogens with zero attached hydrogens (tertiary/aromatic N) is 5. The predicted octanol–water partition coefficient (Wildman–Crippen LogP) is 4.42. The van der Waals surface area contributed by atoms with E-state index in [1.165, 1.54) is 0 Å². The summed E-state index contributed by atoms with van der Waals surface area (Å²) in [6.45, 7) is 2.66. The fourth-order valence-corrected chi connectivity index (χ4v) is 4.28. The Morgan fingerprint density at radius 3 is 2.42 bits per heavy atom. The Morgan fingerprint density at radius 1 is 0.871 bits per heavy atom. The van der Waals surface area contributed by atoms with Crippen LogP contribution in [0.1, 0.15) is 10.4 Å². The van der Waals surface area contributed by atoms with Crippen molar-refractivity contribution >= 4 is 38.7 Å². The Morgan fingerprint density at radius 2 is 1.65 bits per heavy atom. The van der Waals surface area contributed by atoms with E-state index in [-0.39, 0.29) is 5.91 Å². The summed E-state index contributed by atoms with van der Waals surface area (Å²) in [7, 11) is 0. The molecule has 5 rings (SSSR count). The highest BCUT2D eigenvalue weighted by Crippen LogP contribution is 2.28. The minimum atomic E-state index is 0.0310. The molecule has 0 spiro atoms. The van der Waals surface area contributed by atoms with Crippen LogP contribution in [0, 0.1) is 0 Å². The predicted molar refractivity (Wildman–Crippen MR) is 125 cm³/mol. The second-order valence-electron chi connectivity index (χ2n) is 7.41. The molecule has 7 heteroatoms. The van der Waals surface area contributed by atoms with Gasteiger partial charge in [-0.25, -0.2) is 15.0 Å². The van der Waals surface area contributed by atoms with Gasteiger partial charge in [-0.05, 0) is 30.3 Å². The van der Waals surface area contributed by atoms with E-state index in [1.807, 2.05) is 59.5 Å². The van der Waals surface area contributed by atoms with E-state index in [9.17, 15) is 4.79 Å². The number of amides is 1. The molecular formula is C24H20BrN5O. The van der Waals surface area contributed by atoms with Gasteiger partial charge in [0.1, 0.15) is 0 Å². The molecule has 0 saturated carbocycles. The fraction of sp³-hybridized carbons (Fsp3) is 0.167. The smallest absolute Gasteiger partial charge is 0.254 e. The van der Waals surface area contributed by atoms with Crippen molar-refractivity contribution in [3.63, 3.8) is 0 Å². The van der Waals surface area contributed by atoms with Crippen molar-refractivity contribution < 1.29 is 4.79 Å². The van der Waals surface area contributed by atoms with E-state index in [4.69, 9.17) is 4.98 Å². The Hall–Kier alpha value is -3.32. The summed E-state index contributed by atoms with van der Waals surface area (Å²) >= 11 is 3.53. The van der Waals surface area contributed by atoms with Crippen molar-refractivity contribution in [2.75, 3.05) is 31.1 Å². The first-order valence-electron chi connectivity index (χ1n) is 10.2. The molecule has 1 amide bonds. The van der Waals surface area contributed by atoms with Crippen LogP contribution in [-0.2, 0) is 0 Å². The molecule has 2 aromatic carbocycles. The zero-order chi connectivity index (χ0) is 21.2. The second-order valence-corrected chi connectivity index (χ2v) is 8.33. The highest BCUT2D eigenvalue weighted by atomic mass is 79.9. The zero-order valence-corrected chi connectivity index (χ0v) is 18.4. The first kappa shape index (κ1) is 19.6. The Kier molecular flexibility index (Phi) is 5.34. The number of piperazine rings is 1. The lowest BCUT2D eigenvalue weighted by molar-refractivity contribution is 0.0748. The number of rotatable bonds is 3. The largest absolute Gasteiger partial charge is 0.337 e. The Balaban J connectivity index is 1.46. The fourth-order valence-electron chi connectivity index (χ4n) is 3.88. The molecule has 31 heavy (non-hydrogen) atoms. The number of fused-ring (bicyclic) bond motifs is 1. The quantitative estimate of drug-likeness (QED) is 0.440. The Labute approximate surface area is 188 Å². The number of pyridine rings is 1. The van der Waals surface area contributed by atoms with E-state index in [2.05, 4.69) is 30.8 Å². The topological polar surface area (TPSA) is 62.2 Å². The van der Waals surface area contributed by atoms with Crippen molar-refractivity contribution in [2.45, 2.75) is 0 Å². The molecule has 1 aliphatic rings. The van der Waals surface area contributed by atoms with E-state index in [1.54, 1.807) is 18.5 Å². The van der Waals surface area contributed by atoms with Crippen molar-refractivity contribution in [2.24, 2.45) is 0 Å². The lowest BCUT2D eigenvalue weighted by Crippen LogP contribution is -2.49. The van der Waals surface area contributed by atoms with Gasteiger partial charge in [0.2, 0.25) is 5.95 Å². The van der Waals surface area contributed by atoms with Crippen LogP contribution in [0.5, 0.6) is 0 Å². The van der Waals surface area contributed by atoms with Gasteiger partial charge in [0.05, 0.1) is 16.8 Å². The average molecular weight is 474 g/mol. The maximum atomic E-state index is 13.5. The Bertz CT molecular complexity index is 1240. The van der Waals surface area contributed by atoms with E-state index in [0.717, 1.165) is 26.6 Å². The van der Waals surface area contributed by atoms with Gasteiger partial charge in [-0.2, -0.15) is 0 Å². The highest BCUT2D eigenvalue weighted by molar-refractivity contribution is 9.10. The maximum absolute atomic E-state index is 13.5. The van der Waals surface area contributed by atoms with Crippen molar-refractivity contribution in [3.8, 4) is 11.3 Å². The van der Waals surface area contributed by atoms with Crippen LogP contribution in [0.15, 0.2) is 77.5 Å². The lowest BCUT2D eigenvalue weighted by atomic mass is 10.0. The van der Waals surface area contributed by atoms with Crippen LogP contribution < -0.4 is 4.90 Å². The number of para-hydroxylation sites is 1. The molecule has 0 aliphatic carbocycles. The van der Waals surface area contributed by atoms with Gasteiger partial charge in [-0.15, -0.1) is 0 Å². The van der Waals surface area contributed by atoms with Gasteiger partial charge in [-0.3, -0.25) is 4.79 Å². The molecule has 0 bridgehead atoms. The van der Waals surface area contributed by atoms with Crippen LogP contribution in [-0.4, -0.2) is 51.9 Å². The van der Waals surface area contributed by atoms with E-state index < -0.39 is 0 Å². The van der Waals surface area contributed by atoms with Crippen LogP contribution in [0.25, 0.3) is 22.2 Å². The van der Waals surface area contributed by atoms with E-state index >= 15 is 0 Å². The van der Waals surface area contributed by atoms with Crippen LogP contribution in [0.4, 0.5) is 5.95 Å². The average Bonchev–Trinajstić information content (AvgIpc) is 2.83. The summed E-state index contributed by atoms with van der Waals surface area (Å²) < 4.78 is 0.979. The number of anilines is 1. The van der Waals surface area contributed by atoms with Gasteiger partial charge < -0.3 is 9.80 Å². The standard InChI is InChI=1S/C24H20BrN5O/c25-18-6-3-5-17(15-18)22-16-20(19-7-1-2-8-21(19)28-22)23(31)29-11-13-30(14-12-29)24-26-9-4-10-27-24/h1-10,15-16H,11-14H2. The number of halogens is 1. The summed E-state index contributed by atoms with van der Waals surface area (Å²) in [5.41, 5.74) is 3.27. The molecule has 154 valence electrons. The van der Waals surface area contributed by atoms with Crippen molar-refractivity contribution in [1.82, 2.24) is 19.9 Å². The summed E-state index contributed by atoms with van der Waals surface area (Å²) in [5, 5.41) is 0.875. The van der Waals surface area contributed by atoms with Gasteiger partial charge in [0.25, 0.3) is 5.91 Å². The summed E-state index contributed by atoms with van der Waals surface area (Å²) in [6.07, 6.45) is 3.48. The molecule has 2 aromatic heterocycles. The molecule has 0 unspecified atom stereocenters. The molecule has 1 saturated heterocycles. The van der Waals surface area contributed by atoms with Gasteiger partial charge in [0.15, 0.2) is 0 Å². The SMILES string of the molecule is O=C(c1cc(-c2cccc(Br)c2)nc2ccccc12)N1CCN(c2ncccn2)CC1. The molecule has 0 radical (unpaired) electrons. The number of carbonyl (C=O) groups excluding carboxylic acids is 1. The molecule has 3 heterocycles. The minimum absolute atomic E-state index is 0.0310. The van der Waals surface area contributed by atoms with Crippen LogP contribution in [0.2, 0.25) is 0 Å². The molecule has 0 N–H and O–H groups in total. The molecule has 4 aromatic rings. The summed E-state index contributed by atoms with van der Waals surface area (Å²) in [6, 6.07) is 19.5. The van der Waals surface area contributed by atoms with Crippen LogP contribution in [0.3, 0.4) is 0 Å². The first-order valence-corrected chi connectivity index (χ1v) is 11.0. The molecular weight excluding hydrogens is 454 g/mol. The van der Waals surface area contributed by atoms with E-state index in [0.29, 0.717) is 37.7 Å². The van der Waals surface area contributed by atoms with Gasteiger partial charge >= 0.3 is 0 Å². The normalized spacial score (nSPS) is 14.1. The van der Waals surface area contributed by atoms with Gasteiger partial charge in [0, 0.05) is 54.0 Å². The summed E-state index contributed by atoms with van der Waals surface area (Å²) in [5.74, 6) is 0.740. The molecule has 1 fully saturated rings. The van der Waals surface area contributed by atoms with Crippen molar-refractivity contribution in [1.29, 1.82) is 0 Å². The number of hydrogen-bond acceptors (Lipinski definition) is 5. The lowest BCUT2D eigenvalue weighted by Gasteiger charge is -2.34.